The van der Waals surface area contributed by atoms with Crippen molar-refractivity contribution in [1.82, 2.24) is 0 Å². The summed E-state index contributed by atoms with van der Waals surface area (Å²) in [6.45, 7) is 3.89. The second kappa shape index (κ2) is 5.13. The fourth-order valence-electron chi connectivity index (χ4n) is 0.756. The van der Waals surface area contributed by atoms with Crippen LogP contribution in [0.3, 0.4) is 0 Å². The van der Waals surface area contributed by atoms with Crippen molar-refractivity contribution in [3.63, 3.8) is 0 Å². The molecule has 0 aliphatic rings. The lowest BCUT2D eigenvalue weighted by molar-refractivity contribution is 0.132. The van der Waals surface area contributed by atoms with Gasteiger partial charge in [-0.3, -0.25) is 0 Å². The average molecular weight is 160 g/mol. The van der Waals surface area contributed by atoms with E-state index in [0.717, 1.165) is 5.56 Å². The summed E-state index contributed by atoms with van der Waals surface area (Å²) < 4.78 is 0. The molecule has 0 spiro atoms. The van der Waals surface area contributed by atoms with E-state index in [1.807, 2.05) is 30.3 Å². The predicted octanol–water partition coefficient (Wildman–Crippen LogP) is 2.25. The molecule has 0 heterocycles. The Labute approximate surface area is 72.2 Å². The molecule has 2 nitrogen and oxygen atoms in total. The number of allylic oxidation sites excluding steroid dienone is 1. The molecule has 1 aromatic carbocycles. The van der Waals surface area contributed by atoms with Crippen LogP contribution in [-0.2, 0) is 11.4 Å². The maximum Gasteiger partial charge on any atom is 0.142 e. The van der Waals surface area contributed by atoms with Gasteiger partial charge in [-0.2, -0.15) is 0 Å². The molecule has 0 fully saturated rings. The van der Waals surface area contributed by atoms with Crippen LogP contribution in [0, 0.1) is 0 Å². The molecular weight excluding hydrogens is 150 g/mol. The summed E-state index contributed by atoms with van der Waals surface area (Å²) in [4.78, 5) is 4.90. The minimum absolute atomic E-state index is 0.474. The number of benzene rings is 1. The summed E-state index contributed by atoms with van der Waals surface area (Å²) in [5.41, 5.74) is 1.09. The largest absolute Gasteiger partial charge is 0.390 e. The van der Waals surface area contributed by atoms with Gasteiger partial charge in [-0.15, -0.1) is 0 Å². The number of hydrogen-bond acceptors (Lipinski definition) is 2. The highest BCUT2D eigenvalue weighted by molar-refractivity contribution is 5.69. The number of rotatable bonds is 4. The Kier molecular flexibility index (Phi) is 3.64. The van der Waals surface area contributed by atoms with Crippen LogP contribution in [0.25, 0.3) is 0 Å². The molecule has 0 bridgehead atoms. The van der Waals surface area contributed by atoms with Crippen LogP contribution in [0.5, 0.6) is 0 Å². The van der Waals surface area contributed by atoms with Crippen LogP contribution in [0.2, 0.25) is 0 Å². The van der Waals surface area contributed by atoms with Gasteiger partial charge in [0.05, 0.1) is 0 Å². The van der Waals surface area contributed by atoms with Crippen LogP contribution in [0.4, 0.5) is 0 Å². The quantitative estimate of drug-likeness (QED) is 0.489. The predicted molar refractivity (Wildman–Crippen MR) is 48.9 cm³/mol. The minimum Gasteiger partial charge on any atom is -0.390 e. The lowest BCUT2D eigenvalue weighted by Crippen LogP contribution is -1.85. The molecule has 0 saturated carbocycles. The van der Waals surface area contributed by atoms with Crippen molar-refractivity contribution in [3.8, 4) is 0 Å². The molecule has 0 aliphatic carbocycles. The first-order valence-electron chi connectivity index (χ1n) is 3.66. The topological polar surface area (TPSA) is 21.6 Å². The van der Waals surface area contributed by atoms with Gasteiger partial charge in [-0.25, -0.2) is 0 Å². The third-order valence-electron chi connectivity index (χ3n) is 1.28. The summed E-state index contributed by atoms with van der Waals surface area (Å²) in [7, 11) is 0. The molecule has 0 amide bonds. The molecule has 61 valence electrons. The zero-order valence-electron chi connectivity index (χ0n) is 6.73. The zero-order chi connectivity index (χ0) is 8.65. The fourth-order valence-corrected chi connectivity index (χ4v) is 0.756. The summed E-state index contributed by atoms with van der Waals surface area (Å²) >= 11 is 0. The molecule has 0 saturated heterocycles. The fraction of sp³-hybridized carbons (Fsp3) is 0.100. The summed E-state index contributed by atoms with van der Waals surface area (Å²) in [5, 5.41) is 3.52. The standard InChI is InChI=1S/C10H10NO/c1-2-8-11-12-9-10-6-4-3-5-7-10/h2-7H,1,9H2. The Morgan fingerprint density at radius 1 is 1.42 bits per heavy atom. The van der Waals surface area contributed by atoms with Crippen LogP contribution in [-0.4, -0.2) is 6.21 Å². The van der Waals surface area contributed by atoms with Crippen molar-refractivity contribution in [2.75, 3.05) is 0 Å². The smallest absolute Gasteiger partial charge is 0.142 e. The number of hydrogen-bond donors (Lipinski definition) is 0. The van der Waals surface area contributed by atoms with Crippen molar-refractivity contribution >= 4 is 6.21 Å². The van der Waals surface area contributed by atoms with E-state index in [1.54, 1.807) is 0 Å². The molecule has 12 heavy (non-hydrogen) atoms. The van der Waals surface area contributed by atoms with E-state index in [-0.39, 0.29) is 0 Å². The first-order valence-corrected chi connectivity index (χ1v) is 3.66. The Morgan fingerprint density at radius 2 is 2.17 bits per heavy atom. The Bertz CT molecular complexity index is 254. The highest BCUT2D eigenvalue weighted by atomic mass is 16.6. The van der Waals surface area contributed by atoms with Crippen molar-refractivity contribution in [1.29, 1.82) is 0 Å². The highest BCUT2D eigenvalue weighted by Crippen LogP contribution is 1.99. The van der Waals surface area contributed by atoms with Crippen molar-refractivity contribution in [2.24, 2.45) is 5.16 Å². The first kappa shape index (κ1) is 8.53. The van der Waals surface area contributed by atoms with E-state index in [2.05, 4.69) is 17.9 Å². The van der Waals surface area contributed by atoms with Gasteiger partial charge in [0.1, 0.15) is 12.8 Å². The third kappa shape index (κ3) is 3.01. The van der Waals surface area contributed by atoms with Gasteiger partial charge < -0.3 is 4.84 Å². The summed E-state index contributed by atoms with van der Waals surface area (Å²) in [6, 6.07) is 9.83. The molecular formula is C10H10NO. The van der Waals surface area contributed by atoms with Gasteiger partial charge >= 0.3 is 0 Å². The molecule has 0 aliphatic heterocycles. The number of nitrogens with zero attached hydrogens (tertiary/aromatic N) is 1. The summed E-state index contributed by atoms with van der Waals surface area (Å²) in [6.07, 6.45) is 3.93. The van der Waals surface area contributed by atoms with Gasteiger partial charge in [0, 0.05) is 0 Å². The normalized spacial score (nSPS) is 10.0. The van der Waals surface area contributed by atoms with Gasteiger partial charge in [0.25, 0.3) is 0 Å². The van der Waals surface area contributed by atoms with E-state index in [1.165, 1.54) is 6.08 Å². The van der Waals surface area contributed by atoms with E-state index >= 15 is 0 Å². The van der Waals surface area contributed by atoms with Gasteiger partial charge in [0.15, 0.2) is 0 Å². The SMILES string of the molecule is C=C[C]=NOCc1ccccc1. The van der Waals surface area contributed by atoms with E-state index < -0.39 is 0 Å². The maximum atomic E-state index is 4.90. The second-order valence-corrected chi connectivity index (χ2v) is 2.18. The van der Waals surface area contributed by atoms with Crippen LogP contribution < -0.4 is 0 Å². The average Bonchev–Trinajstić information content (AvgIpc) is 2.14. The van der Waals surface area contributed by atoms with Gasteiger partial charge in [-0.1, -0.05) is 42.1 Å². The van der Waals surface area contributed by atoms with Gasteiger partial charge in [-0.05, 0) is 11.6 Å². The van der Waals surface area contributed by atoms with Gasteiger partial charge in [0.2, 0.25) is 0 Å². The van der Waals surface area contributed by atoms with Crippen LogP contribution >= 0.6 is 0 Å². The van der Waals surface area contributed by atoms with E-state index in [0.29, 0.717) is 6.61 Å². The lowest BCUT2D eigenvalue weighted by Gasteiger charge is -1.96. The van der Waals surface area contributed by atoms with Crippen molar-refractivity contribution < 1.29 is 4.84 Å². The summed E-state index contributed by atoms with van der Waals surface area (Å²) in [5.74, 6) is 0. The lowest BCUT2D eigenvalue weighted by atomic mass is 10.2. The first-order chi connectivity index (χ1) is 5.93. The maximum absolute atomic E-state index is 4.90. The molecule has 1 aromatic rings. The monoisotopic (exact) mass is 160 g/mol. The Hall–Kier alpha value is -1.57. The third-order valence-corrected chi connectivity index (χ3v) is 1.28. The molecule has 0 N–H and O–H groups in total. The zero-order valence-corrected chi connectivity index (χ0v) is 6.73. The Balaban J connectivity index is 2.33. The molecule has 0 aromatic heterocycles. The molecule has 1 radical (unpaired) electrons. The van der Waals surface area contributed by atoms with E-state index in [9.17, 15) is 0 Å². The highest BCUT2D eigenvalue weighted by Gasteiger charge is 1.87. The molecule has 2 heteroatoms. The van der Waals surface area contributed by atoms with Crippen LogP contribution in [0.15, 0.2) is 48.1 Å². The van der Waals surface area contributed by atoms with Crippen molar-refractivity contribution in [3.05, 3.63) is 48.6 Å². The van der Waals surface area contributed by atoms with Crippen molar-refractivity contribution in [2.45, 2.75) is 6.61 Å². The van der Waals surface area contributed by atoms with E-state index in [4.69, 9.17) is 4.84 Å². The molecule has 0 atom stereocenters. The second-order valence-electron chi connectivity index (χ2n) is 2.18. The van der Waals surface area contributed by atoms with Crippen LogP contribution in [0.1, 0.15) is 5.56 Å². The minimum atomic E-state index is 0.474. The molecule has 0 unspecified atom stereocenters. The molecule has 1 rings (SSSR count). The Morgan fingerprint density at radius 3 is 2.83 bits per heavy atom.